The number of carbonyl (C=O) groups excluding carboxylic acids is 1. The van der Waals surface area contributed by atoms with E-state index < -0.39 is 0 Å². The van der Waals surface area contributed by atoms with Crippen molar-refractivity contribution in [1.29, 1.82) is 0 Å². The number of rotatable bonds is 3. The highest BCUT2D eigenvalue weighted by molar-refractivity contribution is 6.08. The average molecular weight is 436 g/mol. The number of para-hydroxylation sites is 2. The number of hydrogen-bond acceptors (Lipinski definition) is 3. The lowest BCUT2D eigenvalue weighted by atomic mass is 9.99. The van der Waals surface area contributed by atoms with Gasteiger partial charge in [-0.25, -0.2) is 4.98 Å². The number of carbonyl (C=O) groups is 1. The van der Waals surface area contributed by atoms with Crippen molar-refractivity contribution in [2.75, 3.05) is 31.1 Å². The Morgan fingerprint density at radius 2 is 1.52 bits per heavy atom. The summed E-state index contributed by atoms with van der Waals surface area (Å²) in [6, 6.07) is 24.9. The van der Waals surface area contributed by atoms with Crippen LogP contribution in [0.4, 0.5) is 5.69 Å². The minimum atomic E-state index is 0.0887. The Kier molecular flexibility index (Phi) is 5.59. The molecule has 0 bridgehead atoms. The van der Waals surface area contributed by atoms with Gasteiger partial charge in [0.2, 0.25) is 0 Å². The van der Waals surface area contributed by atoms with Crippen molar-refractivity contribution in [2.24, 2.45) is 0 Å². The second-order valence-corrected chi connectivity index (χ2v) is 8.94. The fourth-order valence-electron chi connectivity index (χ4n) is 4.59. The molecule has 0 atom stereocenters. The van der Waals surface area contributed by atoms with Crippen LogP contribution < -0.4 is 4.90 Å². The molecule has 0 saturated carbocycles. The van der Waals surface area contributed by atoms with Crippen LogP contribution in [0.15, 0.2) is 72.8 Å². The predicted molar refractivity (Wildman–Crippen MR) is 136 cm³/mol. The molecule has 1 saturated heterocycles. The van der Waals surface area contributed by atoms with Gasteiger partial charge in [0.25, 0.3) is 5.91 Å². The quantitative estimate of drug-likeness (QED) is 0.409. The first-order chi connectivity index (χ1) is 16.0. The topological polar surface area (TPSA) is 36.4 Å². The van der Waals surface area contributed by atoms with Crippen LogP contribution in [0, 0.1) is 20.8 Å². The summed E-state index contributed by atoms with van der Waals surface area (Å²) >= 11 is 0. The number of amides is 1. The summed E-state index contributed by atoms with van der Waals surface area (Å²) < 4.78 is 0. The maximum absolute atomic E-state index is 13.8. The second-order valence-electron chi connectivity index (χ2n) is 8.94. The summed E-state index contributed by atoms with van der Waals surface area (Å²) in [7, 11) is 0. The van der Waals surface area contributed by atoms with Gasteiger partial charge in [0, 0.05) is 42.8 Å². The van der Waals surface area contributed by atoms with Crippen LogP contribution in [0.3, 0.4) is 0 Å². The number of benzene rings is 3. The Labute approximate surface area is 195 Å². The SMILES string of the molecule is Cc1ccc(-c2cc(C(=O)N3CCN(c4ccccc4)CC3)c3cccc(C)c3n2)cc1C. The van der Waals surface area contributed by atoms with Crippen molar-refractivity contribution in [3.8, 4) is 11.3 Å². The number of piperazine rings is 1. The summed E-state index contributed by atoms with van der Waals surface area (Å²) in [6.45, 7) is 9.38. The molecule has 4 aromatic rings. The third kappa shape index (κ3) is 4.09. The molecule has 4 nitrogen and oxygen atoms in total. The zero-order chi connectivity index (χ0) is 22.9. The zero-order valence-corrected chi connectivity index (χ0v) is 19.5. The van der Waals surface area contributed by atoms with Crippen LogP contribution in [0.1, 0.15) is 27.0 Å². The van der Waals surface area contributed by atoms with Crippen LogP contribution >= 0.6 is 0 Å². The van der Waals surface area contributed by atoms with Gasteiger partial charge in [-0.2, -0.15) is 0 Å². The highest BCUT2D eigenvalue weighted by Crippen LogP contribution is 2.29. The number of pyridine rings is 1. The van der Waals surface area contributed by atoms with E-state index in [0.717, 1.165) is 46.4 Å². The van der Waals surface area contributed by atoms with Gasteiger partial charge in [-0.05, 0) is 61.7 Å². The van der Waals surface area contributed by atoms with Gasteiger partial charge in [-0.15, -0.1) is 0 Å². The number of aromatic nitrogens is 1. The second kappa shape index (κ2) is 8.70. The van der Waals surface area contributed by atoms with Crippen LogP contribution in [0.5, 0.6) is 0 Å². The minimum absolute atomic E-state index is 0.0887. The molecule has 0 N–H and O–H groups in total. The third-order valence-electron chi connectivity index (χ3n) is 6.76. The lowest BCUT2D eigenvalue weighted by Crippen LogP contribution is -2.48. The highest BCUT2D eigenvalue weighted by Gasteiger charge is 2.25. The first kappa shape index (κ1) is 21.2. The standard InChI is InChI=1S/C29H29N3O/c1-20-12-13-23(18-22(20)3)27-19-26(25-11-7-8-21(2)28(25)30-27)29(33)32-16-14-31(15-17-32)24-9-5-4-6-10-24/h4-13,18-19H,14-17H2,1-3H3. The van der Waals surface area contributed by atoms with Gasteiger partial charge < -0.3 is 9.80 Å². The van der Waals surface area contributed by atoms with Crippen molar-refractivity contribution in [3.05, 3.63) is 95.1 Å². The molecule has 1 aliphatic heterocycles. The minimum Gasteiger partial charge on any atom is -0.368 e. The van der Waals surface area contributed by atoms with Gasteiger partial charge in [0.05, 0.1) is 16.8 Å². The first-order valence-corrected chi connectivity index (χ1v) is 11.6. The van der Waals surface area contributed by atoms with Crippen molar-refractivity contribution < 1.29 is 4.79 Å². The van der Waals surface area contributed by atoms with Gasteiger partial charge in [-0.3, -0.25) is 4.79 Å². The lowest BCUT2D eigenvalue weighted by Gasteiger charge is -2.36. The van der Waals surface area contributed by atoms with Crippen LogP contribution in [0.2, 0.25) is 0 Å². The largest absolute Gasteiger partial charge is 0.368 e. The average Bonchev–Trinajstić information content (AvgIpc) is 2.86. The smallest absolute Gasteiger partial charge is 0.254 e. The normalized spacial score (nSPS) is 14.0. The molecule has 0 aliphatic carbocycles. The Morgan fingerprint density at radius 3 is 2.24 bits per heavy atom. The summed E-state index contributed by atoms with van der Waals surface area (Å²) in [5.74, 6) is 0.0887. The Balaban J connectivity index is 1.50. The number of hydrogen-bond donors (Lipinski definition) is 0. The summed E-state index contributed by atoms with van der Waals surface area (Å²) in [5.41, 5.74) is 8.32. The summed E-state index contributed by atoms with van der Waals surface area (Å²) in [4.78, 5) is 23.1. The van der Waals surface area contributed by atoms with Crippen LogP contribution in [-0.4, -0.2) is 42.0 Å². The van der Waals surface area contributed by atoms with Crippen LogP contribution in [0.25, 0.3) is 22.2 Å². The molecule has 0 radical (unpaired) electrons. The number of aryl methyl sites for hydroxylation is 3. The maximum atomic E-state index is 13.8. The van der Waals surface area contributed by atoms with E-state index in [9.17, 15) is 4.79 Å². The van der Waals surface area contributed by atoms with Crippen molar-refractivity contribution >= 4 is 22.5 Å². The number of anilines is 1. The Hall–Kier alpha value is -3.66. The van der Waals surface area contributed by atoms with E-state index in [1.54, 1.807) is 0 Å². The molecular formula is C29H29N3O. The Bertz CT molecular complexity index is 1320. The van der Waals surface area contributed by atoms with Gasteiger partial charge >= 0.3 is 0 Å². The fraction of sp³-hybridized carbons (Fsp3) is 0.241. The Morgan fingerprint density at radius 1 is 0.758 bits per heavy atom. The third-order valence-corrected chi connectivity index (χ3v) is 6.76. The summed E-state index contributed by atoms with van der Waals surface area (Å²) in [5, 5.41) is 0.929. The van der Waals surface area contributed by atoms with Gasteiger partial charge in [-0.1, -0.05) is 48.5 Å². The molecule has 33 heavy (non-hydrogen) atoms. The van der Waals surface area contributed by atoms with Gasteiger partial charge in [0.1, 0.15) is 0 Å². The molecule has 166 valence electrons. The van der Waals surface area contributed by atoms with Crippen LogP contribution in [-0.2, 0) is 0 Å². The molecule has 1 fully saturated rings. The lowest BCUT2D eigenvalue weighted by molar-refractivity contribution is 0.0748. The molecular weight excluding hydrogens is 406 g/mol. The molecule has 0 unspecified atom stereocenters. The molecule has 2 heterocycles. The molecule has 0 spiro atoms. The fourth-order valence-corrected chi connectivity index (χ4v) is 4.59. The van der Waals surface area contributed by atoms with E-state index >= 15 is 0 Å². The first-order valence-electron chi connectivity index (χ1n) is 11.6. The van der Waals surface area contributed by atoms with Crippen molar-refractivity contribution in [3.63, 3.8) is 0 Å². The van der Waals surface area contributed by atoms with Gasteiger partial charge in [0.15, 0.2) is 0 Å². The molecule has 1 aliphatic rings. The molecule has 1 aromatic heterocycles. The monoisotopic (exact) mass is 435 g/mol. The van der Waals surface area contributed by atoms with E-state index in [1.807, 2.05) is 29.2 Å². The molecule has 3 aromatic carbocycles. The molecule has 4 heteroatoms. The number of nitrogens with zero attached hydrogens (tertiary/aromatic N) is 3. The van der Waals surface area contributed by atoms with E-state index in [0.29, 0.717) is 13.1 Å². The number of fused-ring (bicyclic) bond motifs is 1. The molecule has 5 rings (SSSR count). The maximum Gasteiger partial charge on any atom is 0.254 e. The highest BCUT2D eigenvalue weighted by atomic mass is 16.2. The van der Waals surface area contributed by atoms with Crippen molar-refractivity contribution in [2.45, 2.75) is 20.8 Å². The van der Waals surface area contributed by atoms with E-state index in [-0.39, 0.29) is 5.91 Å². The summed E-state index contributed by atoms with van der Waals surface area (Å²) in [6.07, 6.45) is 0. The van der Waals surface area contributed by atoms with E-state index in [4.69, 9.17) is 4.98 Å². The molecule has 1 amide bonds. The van der Waals surface area contributed by atoms with E-state index in [2.05, 4.69) is 74.2 Å². The zero-order valence-electron chi connectivity index (χ0n) is 19.5. The predicted octanol–water partition coefficient (Wildman–Crippen LogP) is 5.79. The van der Waals surface area contributed by atoms with E-state index in [1.165, 1.54) is 16.8 Å². The van der Waals surface area contributed by atoms with Crippen molar-refractivity contribution in [1.82, 2.24) is 9.88 Å².